The van der Waals surface area contributed by atoms with Crippen molar-refractivity contribution in [1.82, 2.24) is 9.62 Å². The van der Waals surface area contributed by atoms with Crippen LogP contribution >= 0.6 is 0 Å². The van der Waals surface area contributed by atoms with Crippen LogP contribution in [0.15, 0.2) is 53.4 Å². The zero-order valence-electron chi connectivity index (χ0n) is 18.8. The van der Waals surface area contributed by atoms with Gasteiger partial charge in [0.1, 0.15) is 11.5 Å². The maximum Gasteiger partial charge on any atom is 0.260 e. The number of piperazine rings is 1. The number of para-hydroxylation sites is 2. The van der Waals surface area contributed by atoms with Gasteiger partial charge in [0.2, 0.25) is 10.0 Å². The van der Waals surface area contributed by atoms with Gasteiger partial charge >= 0.3 is 0 Å². The lowest BCUT2D eigenvalue weighted by atomic mass is 10.2. The van der Waals surface area contributed by atoms with E-state index < -0.39 is 10.0 Å². The highest BCUT2D eigenvalue weighted by Gasteiger charge is 2.23. The van der Waals surface area contributed by atoms with Gasteiger partial charge in [-0.1, -0.05) is 19.1 Å². The monoisotopic (exact) mass is 461 g/mol. The smallest absolute Gasteiger partial charge is 0.260 e. The molecule has 0 radical (unpaired) electrons. The van der Waals surface area contributed by atoms with E-state index in [0.717, 1.165) is 11.4 Å². The fourth-order valence-electron chi connectivity index (χ4n) is 3.46. The first-order valence-corrected chi connectivity index (χ1v) is 12.2. The standard InChI is InChI=1S/C23H31N3O5S/c1-4-18(2)24-32(28,29)20-11-9-19(10-12-20)31-17-23(27)26-15-13-25(14-16-26)21-7-5-6-8-22(21)30-3/h5-12,18,24H,4,13-17H2,1-3H3/t18-/m0/s1. The number of nitrogens with zero attached hydrogens (tertiary/aromatic N) is 2. The zero-order valence-corrected chi connectivity index (χ0v) is 19.6. The predicted molar refractivity (Wildman–Crippen MR) is 124 cm³/mol. The van der Waals surface area contributed by atoms with Crippen molar-refractivity contribution in [2.24, 2.45) is 0 Å². The van der Waals surface area contributed by atoms with Gasteiger partial charge in [0.05, 0.1) is 17.7 Å². The summed E-state index contributed by atoms with van der Waals surface area (Å²) in [6, 6.07) is 13.8. The van der Waals surface area contributed by atoms with Gasteiger partial charge in [0.25, 0.3) is 5.91 Å². The lowest BCUT2D eigenvalue weighted by Crippen LogP contribution is -2.50. The fourth-order valence-corrected chi connectivity index (χ4v) is 4.78. The zero-order chi connectivity index (χ0) is 23.1. The van der Waals surface area contributed by atoms with E-state index in [0.29, 0.717) is 38.3 Å². The van der Waals surface area contributed by atoms with Crippen LogP contribution in [0.25, 0.3) is 0 Å². The highest BCUT2D eigenvalue weighted by molar-refractivity contribution is 7.89. The Morgan fingerprint density at radius 3 is 2.34 bits per heavy atom. The molecule has 3 rings (SSSR count). The van der Waals surface area contributed by atoms with Crippen LogP contribution in [-0.4, -0.2) is 65.2 Å². The van der Waals surface area contributed by atoms with Crippen molar-refractivity contribution in [3.63, 3.8) is 0 Å². The minimum Gasteiger partial charge on any atom is -0.495 e. The van der Waals surface area contributed by atoms with Crippen molar-refractivity contribution in [1.29, 1.82) is 0 Å². The molecule has 0 bridgehead atoms. The molecule has 2 aromatic rings. The molecular weight excluding hydrogens is 430 g/mol. The van der Waals surface area contributed by atoms with E-state index in [1.807, 2.05) is 38.1 Å². The summed E-state index contributed by atoms with van der Waals surface area (Å²) in [5.41, 5.74) is 1.02. The van der Waals surface area contributed by atoms with E-state index in [2.05, 4.69) is 9.62 Å². The molecule has 8 nitrogen and oxygen atoms in total. The fraction of sp³-hybridized carbons (Fsp3) is 0.435. The summed E-state index contributed by atoms with van der Waals surface area (Å²) in [5.74, 6) is 1.17. The van der Waals surface area contributed by atoms with E-state index in [1.165, 1.54) is 12.1 Å². The van der Waals surface area contributed by atoms with Crippen LogP contribution in [0.2, 0.25) is 0 Å². The molecule has 0 unspecified atom stereocenters. The van der Waals surface area contributed by atoms with Crippen LogP contribution in [0.5, 0.6) is 11.5 Å². The molecule has 1 amide bonds. The largest absolute Gasteiger partial charge is 0.495 e. The van der Waals surface area contributed by atoms with Gasteiger partial charge in [0, 0.05) is 32.2 Å². The molecule has 2 aromatic carbocycles. The molecule has 0 saturated carbocycles. The second-order valence-corrected chi connectivity index (χ2v) is 9.44. The summed E-state index contributed by atoms with van der Waals surface area (Å²) in [6.07, 6.45) is 0.704. The number of benzene rings is 2. The Labute approximate surface area is 190 Å². The summed E-state index contributed by atoms with van der Waals surface area (Å²) < 4.78 is 38.3. The number of methoxy groups -OCH3 is 1. The van der Waals surface area contributed by atoms with Crippen LogP contribution in [0, 0.1) is 0 Å². The van der Waals surface area contributed by atoms with Crippen molar-refractivity contribution in [2.45, 2.75) is 31.2 Å². The SMILES string of the molecule is CC[C@H](C)NS(=O)(=O)c1ccc(OCC(=O)N2CCN(c3ccccc3OC)CC2)cc1. The average Bonchev–Trinajstić information content (AvgIpc) is 2.82. The van der Waals surface area contributed by atoms with Crippen LogP contribution in [-0.2, 0) is 14.8 Å². The van der Waals surface area contributed by atoms with Gasteiger partial charge in [-0.05, 0) is 49.7 Å². The van der Waals surface area contributed by atoms with Gasteiger partial charge in [-0.25, -0.2) is 13.1 Å². The lowest BCUT2D eigenvalue weighted by Gasteiger charge is -2.36. The van der Waals surface area contributed by atoms with E-state index in [9.17, 15) is 13.2 Å². The summed E-state index contributed by atoms with van der Waals surface area (Å²) in [7, 11) is -1.91. The Kier molecular flexibility index (Phi) is 7.98. The van der Waals surface area contributed by atoms with Crippen LogP contribution in [0.1, 0.15) is 20.3 Å². The summed E-state index contributed by atoms with van der Waals surface area (Å²) >= 11 is 0. The molecule has 0 aliphatic carbocycles. The Balaban J connectivity index is 1.50. The number of ether oxygens (including phenoxy) is 2. The first kappa shape index (κ1) is 23.9. The Hall–Kier alpha value is -2.78. The molecule has 32 heavy (non-hydrogen) atoms. The quantitative estimate of drug-likeness (QED) is 0.617. The topological polar surface area (TPSA) is 88.2 Å². The van der Waals surface area contributed by atoms with Gasteiger partial charge in [-0.3, -0.25) is 4.79 Å². The third-order valence-corrected chi connectivity index (χ3v) is 7.13. The minimum atomic E-state index is -3.56. The number of carbonyl (C=O) groups is 1. The van der Waals surface area contributed by atoms with Gasteiger partial charge in [-0.2, -0.15) is 0 Å². The molecule has 1 saturated heterocycles. The van der Waals surface area contributed by atoms with Crippen molar-refractivity contribution in [3.8, 4) is 11.5 Å². The molecule has 1 aliphatic heterocycles. The second kappa shape index (κ2) is 10.7. The second-order valence-electron chi connectivity index (χ2n) is 7.73. The molecule has 0 spiro atoms. The Morgan fingerprint density at radius 1 is 1.06 bits per heavy atom. The number of anilines is 1. The number of amides is 1. The van der Waals surface area contributed by atoms with Crippen LogP contribution in [0.4, 0.5) is 5.69 Å². The number of sulfonamides is 1. The van der Waals surface area contributed by atoms with E-state index in [-0.39, 0.29) is 23.5 Å². The first-order valence-electron chi connectivity index (χ1n) is 10.7. The van der Waals surface area contributed by atoms with Gasteiger partial charge in [0.15, 0.2) is 6.61 Å². The van der Waals surface area contributed by atoms with Crippen molar-refractivity contribution in [2.75, 3.05) is 44.8 Å². The van der Waals surface area contributed by atoms with E-state index in [1.54, 1.807) is 24.1 Å². The Bertz CT molecular complexity index is 1000. The third kappa shape index (κ3) is 5.92. The molecule has 1 atom stereocenters. The molecule has 0 aromatic heterocycles. The molecule has 1 fully saturated rings. The van der Waals surface area contributed by atoms with Crippen molar-refractivity contribution >= 4 is 21.6 Å². The average molecular weight is 462 g/mol. The van der Waals surface area contributed by atoms with Crippen molar-refractivity contribution < 1.29 is 22.7 Å². The van der Waals surface area contributed by atoms with Gasteiger partial charge in [-0.15, -0.1) is 0 Å². The summed E-state index contributed by atoms with van der Waals surface area (Å²) in [6.45, 7) is 6.25. The highest BCUT2D eigenvalue weighted by Crippen LogP contribution is 2.28. The van der Waals surface area contributed by atoms with E-state index in [4.69, 9.17) is 9.47 Å². The van der Waals surface area contributed by atoms with E-state index >= 15 is 0 Å². The number of carbonyl (C=O) groups excluding carboxylic acids is 1. The predicted octanol–water partition coefficient (Wildman–Crippen LogP) is 2.50. The number of hydrogen-bond acceptors (Lipinski definition) is 6. The number of nitrogens with one attached hydrogen (secondary N) is 1. The molecule has 9 heteroatoms. The van der Waals surface area contributed by atoms with Crippen molar-refractivity contribution in [3.05, 3.63) is 48.5 Å². The van der Waals surface area contributed by atoms with Crippen LogP contribution < -0.4 is 19.1 Å². The lowest BCUT2D eigenvalue weighted by molar-refractivity contribution is -0.133. The third-order valence-electron chi connectivity index (χ3n) is 5.52. The molecule has 1 N–H and O–H groups in total. The molecule has 1 aliphatic rings. The molecule has 1 heterocycles. The minimum absolute atomic E-state index is 0.0914. The van der Waals surface area contributed by atoms with Gasteiger partial charge < -0.3 is 19.3 Å². The molecular formula is C23H31N3O5S. The maximum absolute atomic E-state index is 12.6. The number of hydrogen-bond donors (Lipinski definition) is 1. The van der Waals surface area contributed by atoms with Crippen LogP contribution in [0.3, 0.4) is 0 Å². The Morgan fingerprint density at radius 2 is 1.72 bits per heavy atom. The first-order chi connectivity index (χ1) is 15.3. The summed E-state index contributed by atoms with van der Waals surface area (Å²) in [5, 5.41) is 0. The molecule has 174 valence electrons. The normalized spacial score (nSPS) is 15.3. The number of rotatable bonds is 9. The summed E-state index contributed by atoms with van der Waals surface area (Å²) in [4.78, 5) is 16.7. The highest BCUT2D eigenvalue weighted by atomic mass is 32.2. The maximum atomic E-state index is 12.6.